The summed E-state index contributed by atoms with van der Waals surface area (Å²) in [7, 11) is 0. The van der Waals surface area contributed by atoms with Gasteiger partial charge in [-0.2, -0.15) is 0 Å². The van der Waals surface area contributed by atoms with Crippen LogP contribution >= 0.6 is 15.9 Å². The van der Waals surface area contributed by atoms with Crippen LogP contribution in [-0.4, -0.2) is 14.0 Å². The van der Waals surface area contributed by atoms with Crippen LogP contribution in [0.3, 0.4) is 0 Å². The predicted octanol–water partition coefficient (Wildman–Crippen LogP) is 7.09. The first-order valence-electron chi connectivity index (χ1n) is 9.77. The molecule has 0 radical (unpaired) electrons. The number of imidazole rings is 2. The highest BCUT2D eigenvalue weighted by molar-refractivity contribution is 9.10. The molecule has 0 atom stereocenters. The van der Waals surface area contributed by atoms with Crippen molar-refractivity contribution in [1.29, 1.82) is 0 Å². The average molecular weight is 452 g/mol. The third-order valence-corrected chi connectivity index (χ3v) is 6.27. The molecule has 7 aromatic rings. The van der Waals surface area contributed by atoms with E-state index in [9.17, 15) is 0 Å². The van der Waals surface area contributed by atoms with Crippen molar-refractivity contribution in [2.75, 3.05) is 0 Å². The van der Waals surface area contributed by atoms with Crippen LogP contribution in [0.25, 0.3) is 55.5 Å². The molecule has 0 aliphatic carbocycles. The minimum atomic E-state index is 0.893. The van der Waals surface area contributed by atoms with Crippen LogP contribution in [0, 0.1) is 0 Å². The van der Waals surface area contributed by atoms with Crippen molar-refractivity contribution in [3.63, 3.8) is 0 Å². The first-order chi connectivity index (χ1) is 14.8. The second-order valence-corrected chi connectivity index (χ2v) is 8.40. The Hall–Kier alpha value is -3.57. The minimum absolute atomic E-state index is 0.893. The molecule has 0 fully saturated rings. The molecule has 7 rings (SSSR count). The quantitative estimate of drug-likeness (QED) is 0.267. The molecule has 0 aliphatic rings. The summed E-state index contributed by atoms with van der Waals surface area (Å²) in [6, 6.07) is 29.2. The largest absolute Gasteiger partial charge is 0.456 e. The van der Waals surface area contributed by atoms with Crippen molar-refractivity contribution in [1.82, 2.24) is 14.0 Å². The monoisotopic (exact) mass is 451 g/mol. The number of furan rings is 1. The van der Waals surface area contributed by atoms with Gasteiger partial charge in [-0.15, -0.1) is 0 Å². The predicted molar refractivity (Wildman–Crippen MR) is 125 cm³/mol. The Bertz CT molecular complexity index is 1770. The van der Waals surface area contributed by atoms with Crippen molar-refractivity contribution in [3.05, 3.63) is 89.4 Å². The van der Waals surface area contributed by atoms with E-state index in [-0.39, 0.29) is 0 Å². The molecule has 4 aromatic carbocycles. The second kappa shape index (κ2) is 5.74. The summed E-state index contributed by atoms with van der Waals surface area (Å²) in [4.78, 5) is 4.98. The van der Waals surface area contributed by atoms with Crippen LogP contribution in [-0.2, 0) is 0 Å². The van der Waals surface area contributed by atoms with Crippen LogP contribution in [0.5, 0.6) is 0 Å². The molecule has 3 aromatic heterocycles. The second-order valence-electron chi connectivity index (χ2n) is 7.48. The summed E-state index contributed by atoms with van der Waals surface area (Å²) in [5.74, 6) is 0.899. The molecule has 4 nitrogen and oxygen atoms in total. The fraction of sp³-hybridized carbons (Fsp3) is 0. The normalized spacial score (nSPS) is 12.2. The fourth-order valence-corrected chi connectivity index (χ4v) is 4.83. The van der Waals surface area contributed by atoms with Gasteiger partial charge in [0.1, 0.15) is 11.2 Å². The van der Waals surface area contributed by atoms with Gasteiger partial charge in [0.15, 0.2) is 0 Å². The Balaban J connectivity index is 1.64. The molecule has 3 heterocycles. The van der Waals surface area contributed by atoms with Gasteiger partial charge in [0.25, 0.3) is 0 Å². The van der Waals surface area contributed by atoms with E-state index in [1.807, 2.05) is 24.3 Å². The van der Waals surface area contributed by atoms with Crippen molar-refractivity contribution in [2.24, 2.45) is 0 Å². The van der Waals surface area contributed by atoms with Gasteiger partial charge in [-0.25, -0.2) is 4.98 Å². The van der Waals surface area contributed by atoms with E-state index in [2.05, 4.69) is 85.6 Å². The van der Waals surface area contributed by atoms with Gasteiger partial charge in [0.2, 0.25) is 5.78 Å². The number of fused-ring (bicyclic) bond motifs is 8. The highest BCUT2D eigenvalue weighted by atomic mass is 79.9. The summed E-state index contributed by atoms with van der Waals surface area (Å²) in [5.41, 5.74) is 7.18. The summed E-state index contributed by atoms with van der Waals surface area (Å²) in [6.07, 6.45) is 0. The standard InChI is InChI=1S/C25H14BrN3O/c26-15-9-11-19-22(13-15)29-21-7-3-2-6-20(21)28(25(29)27-19)16-10-12-24-18(14-16)17-5-1-4-8-23(17)30-24/h1-14H. The van der Waals surface area contributed by atoms with Gasteiger partial charge in [-0.3, -0.25) is 8.97 Å². The van der Waals surface area contributed by atoms with Gasteiger partial charge in [-0.1, -0.05) is 46.3 Å². The minimum Gasteiger partial charge on any atom is -0.456 e. The molecule has 0 saturated carbocycles. The topological polar surface area (TPSA) is 35.4 Å². The number of halogens is 1. The number of aromatic nitrogens is 3. The van der Waals surface area contributed by atoms with Crippen molar-refractivity contribution in [3.8, 4) is 5.69 Å². The van der Waals surface area contributed by atoms with Gasteiger partial charge in [-0.05, 0) is 54.6 Å². The lowest BCUT2D eigenvalue weighted by atomic mass is 10.1. The van der Waals surface area contributed by atoms with Gasteiger partial charge in [0, 0.05) is 15.2 Å². The average Bonchev–Trinajstić information content (AvgIpc) is 3.41. The van der Waals surface area contributed by atoms with Gasteiger partial charge < -0.3 is 4.42 Å². The summed E-state index contributed by atoms with van der Waals surface area (Å²) >= 11 is 3.61. The molecule has 0 spiro atoms. The van der Waals surface area contributed by atoms with E-state index in [4.69, 9.17) is 9.40 Å². The zero-order valence-corrected chi connectivity index (χ0v) is 17.3. The molecule has 0 aliphatic heterocycles. The molecule has 0 amide bonds. The lowest BCUT2D eigenvalue weighted by Gasteiger charge is -2.05. The summed E-state index contributed by atoms with van der Waals surface area (Å²) < 4.78 is 11.5. The Morgan fingerprint density at radius 3 is 2.43 bits per heavy atom. The smallest absolute Gasteiger partial charge is 0.220 e. The molecule has 142 valence electrons. The van der Waals surface area contributed by atoms with Crippen molar-refractivity contribution < 1.29 is 4.42 Å². The lowest BCUT2D eigenvalue weighted by Crippen LogP contribution is -1.94. The van der Waals surface area contributed by atoms with Crippen LogP contribution in [0.2, 0.25) is 0 Å². The van der Waals surface area contributed by atoms with E-state index < -0.39 is 0 Å². The molecule has 5 heteroatoms. The number of benzene rings is 4. The highest BCUT2D eigenvalue weighted by Gasteiger charge is 2.18. The van der Waals surface area contributed by atoms with E-state index in [1.165, 1.54) is 0 Å². The lowest BCUT2D eigenvalue weighted by molar-refractivity contribution is 0.669. The fourth-order valence-electron chi connectivity index (χ4n) is 4.48. The molecule has 30 heavy (non-hydrogen) atoms. The van der Waals surface area contributed by atoms with E-state index in [0.29, 0.717) is 0 Å². The zero-order chi connectivity index (χ0) is 19.8. The Kier molecular flexibility index (Phi) is 3.11. The maximum Gasteiger partial charge on any atom is 0.220 e. The maximum atomic E-state index is 6.03. The zero-order valence-electron chi connectivity index (χ0n) is 15.7. The molecule has 0 N–H and O–H groups in total. The van der Waals surface area contributed by atoms with E-state index in [1.54, 1.807) is 0 Å². The number of nitrogens with zero attached hydrogens (tertiary/aromatic N) is 3. The van der Waals surface area contributed by atoms with Crippen LogP contribution in [0.15, 0.2) is 93.8 Å². The Morgan fingerprint density at radius 2 is 1.50 bits per heavy atom. The third-order valence-electron chi connectivity index (χ3n) is 5.78. The van der Waals surface area contributed by atoms with Gasteiger partial charge >= 0.3 is 0 Å². The first kappa shape index (κ1) is 16.3. The number of para-hydroxylation sites is 3. The first-order valence-corrected chi connectivity index (χ1v) is 10.6. The highest BCUT2D eigenvalue weighted by Crippen LogP contribution is 2.34. The molecular formula is C25H14BrN3O. The number of hydrogen-bond acceptors (Lipinski definition) is 2. The molecular weight excluding hydrogens is 438 g/mol. The Morgan fingerprint density at radius 1 is 0.700 bits per heavy atom. The van der Waals surface area contributed by atoms with E-state index >= 15 is 0 Å². The SMILES string of the molecule is Brc1ccc2nc3n(-c4ccc5oc6ccccc6c5c4)c4ccccc4n3c2c1. The molecule has 0 saturated heterocycles. The Labute approximate surface area is 179 Å². The van der Waals surface area contributed by atoms with Gasteiger partial charge in [0.05, 0.1) is 27.8 Å². The molecule has 0 unspecified atom stereocenters. The van der Waals surface area contributed by atoms with Crippen molar-refractivity contribution in [2.45, 2.75) is 0 Å². The number of hydrogen-bond donors (Lipinski definition) is 0. The third kappa shape index (κ3) is 2.07. The van der Waals surface area contributed by atoms with Crippen molar-refractivity contribution >= 4 is 65.7 Å². The van der Waals surface area contributed by atoms with E-state index in [0.717, 1.165) is 59.9 Å². The summed E-state index contributed by atoms with van der Waals surface area (Å²) in [5, 5.41) is 2.23. The summed E-state index contributed by atoms with van der Waals surface area (Å²) in [6.45, 7) is 0. The van der Waals surface area contributed by atoms with Crippen LogP contribution < -0.4 is 0 Å². The van der Waals surface area contributed by atoms with Crippen LogP contribution in [0.1, 0.15) is 0 Å². The number of rotatable bonds is 1. The molecule has 0 bridgehead atoms. The van der Waals surface area contributed by atoms with Crippen LogP contribution in [0.4, 0.5) is 0 Å². The maximum absolute atomic E-state index is 6.03.